The number of aliphatic carboxylic acids is 1. The Bertz CT molecular complexity index is 676. The number of rotatable bonds is 1. The number of aryl methyl sites for hydroxylation is 1. The van der Waals surface area contributed by atoms with Gasteiger partial charge in [-0.2, -0.15) is 13.2 Å². The third-order valence-corrected chi connectivity index (χ3v) is 2.28. The van der Waals surface area contributed by atoms with Gasteiger partial charge in [0.1, 0.15) is 0 Å². The minimum Gasteiger partial charge on any atom is -0.332 e. The van der Waals surface area contributed by atoms with Crippen LogP contribution >= 0.6 is 0 Å². The van der Waals surface area contributed by atoms with Crippen LogP contribution in [0, 0.1) is 24.6 Å². The van der Waals surface area contributed by atoms with Crippen molar-refractivity contribution in [3.63, 3.8) is 0 Å². The van der Waals surface area contributed by atoms with E-state index in [1.165, 1.54) is 0 Å². The van der Waals surface area contributed by atoms with Crippen molar-refractivity contribution in [2.24, 2.45) is 0 Å². The second-order valence-electron chi connectivity index (χ2n) is 4.08. The molecule has 23 heavy (non-hydrogen) atoms. The van der Waals surface area contributed by atoms with Gasteiger partial charge in [0.05, 0.1) is 0 Å². The van der Waals surface area contributed by atoms with Gasteiger partial charge in [-0.15, -0.1) is 12.1 Å². The third kappa shape index (κ3) is 6.83. The molecular formula is C14H10F5IrNO2. The Labute approximate surface area is 141 Å². The Morgan fingerprint density at radius 1 is 1.26 bits per heavy atom. The molecule has 1 aromatic carbocycles. The molecular weight excluding hydrogens is 501 g/mol. The predicted octanol–water partition coefficient (Wildman–Crippen LogP) is 3.74. The first-order valence-corrected chi connectivity index (χ1v) is 5.73. The smallest absolute Gasteiger partial charge is 0.332 e. The standard InChI is InChI=1S/C12H8F2N.C2HF3O2.Ir/c1-8-4-5-15-12(6-8)10-3-2-9(13)7-11(10)14;3-2(4,5)1(6)7;/h2,4-7H,1H3;(H,6,7);/q-1;;/p+1. The monoisotopic (exact) mass is 512 g/mol. The molecule has 127 valence electrons. The van der Waals surface area contributed by atoms with Gasteiger partial charge < -0.3 is 14.9 Å². The van der Waals surface area contributed by atoms with Gasteiger partial charge in [0.25, 0.3) is 0 Å². The van der Waals surface area contributed by atoms with E-state index in [1.807, 2.05) is 13.0 Å². The van der Waals surface area contributed by atoms with E-state index in [-0.39, 0.29) is 25.7 Å². The predicted molar refractivity (Wildman–Crippen MR) is 68.8 cm³/mol. The molecule has 2 aromatic rings. The average molecular weight is 511 g/mol. The number of aliphatic hydroxyl groups excluding tert-OH is 1. The van der Waals surface area contributed by atoms with E-state index in [0.29, 0.717) is 5.69 Å². The molecule has 0 fully saturated rings. The fraction of sp³-hybridized carbons (Fsp3) is 0.143. The first-order chi connectivity index (χ1) is 10.1. The molecule has 1 radical (unpaired) electrons. The van der Waals surface area contributed by atoms with Crippen LogP contribution in [0.4, 0.5) is 22.0 Å². The second kappa shape index (κ2) is 8.69. The van der Waals surface area contributed by atoms with Crippen LogP contribution in [0.15, 0.2) is 30.5 Å². The minimum atomic E-state index is -4.97. The van der Waals surface area contributed by atoms with Gasteiger partial charge >= 0.3 is 12.1 Å². The Hall–Kier alpha value is -1.86. The van der Waals surface area contributed by atoms with E-state index >= 15 is 0 Å². The van der Waals surface area contributed by atoms with Crippen LogP contribution in [0.2, 0.25) is 0 Å². The molecule has 9 heteroatoms. The number of pyridine rings is 1. The summed E-state index contributed by atoms with van der Waals surface area (Å²) < 4.78 is 57.9. The van der Waals surface area contributed by atoms with E-state index in [2.05, 4.69) is 11.1 Å². The Balaban J connectivity index is 0.000000522. The molecule has 2 N–H and O–H groups in total. The first-order valence-electron chi connectivity index (χ1n) is 5.73. The van der Waals surface area contributed by atoms with Crippen LogP contribution in [-0.2, 0) is 20.1 Å². The summed E-state index contributed by atoms with van der Waals surface area (Å²) in [5, 5.41) is 7.24. The second-order valence-corrected chi connectivity index (χ2v) is 4.08. The van der Waals surface area contributed by atoms with Gasteiger partial charge in [-0.3, -0.25) is 8.78 Å². The fourth-order valence-corrected chi connectivity index (χ4v) is 1.31. The van der Waals surface area contributed by atoms with Crippen LogP contribution in [0.3, 0.4) is 0 Å². The van der Waals surface area contributed by atoms with Crippen molar-refractivity contribution >= 4 is 5.97 Å². The molecule has 0 atom stereocenters. The number of alkyl halides is 3. The van der Waals surface area contributed by atoms with Crippen molar-refractivity contribution in [2.45, 2.75) is 13.1 Å². The van der Waals surface area contributed by atoms with Crippen molar-refractivity contribution in [1.82, 2.24) is 4.98 Å². The molecule has 0 unspecified atom stereocenters. The summed E-state index contributed by atoms with van der Waals surface area (Å²) in [4.78, 5) is 11.2. The maximum Gasteiger partial charge on any atom is 0.591 e. The summed E-state index contributed by atoms with van der Waals surface area (Å²) in [6.45, 7) is 1.88. The van der Waals surface area contributed by atoms with E-state index < -0.39 is 23.8 Å². The van der Waals surface area contributed by atoms with Crippen molar-refractivity contribution in [1.29, 1.82) is 0 Å². The Morgan fingerprint density at radius 3 is 2.26 bits per heavy atom. The molecule has 0 amide bonds. The van der Waals surface area contributed by atoms with E-state index in [4.69, 9.17) is 9.90 Å². The quantitative estimate of drug-likeness (QED) is 0.361. The normalized spacial score (nSPS) is 10.2. The molecule has 1 heterocycles. The van der Waals surface area contributed by atoms with Gasteiger partial charge in [-0.1, -0.05) is 23.3 Å². The zero-order valence-corrected chi connectivity index (χ0v) is 13.8. The number of carboxylic acids is 1. The number of halogens is 5. The van der Waals surface area contributed by atoms with Crippen LogP contribution < -0.4 is 0 Å². The topological polar surface area (TPSA) is 54.5 Å². The average Bonchev–Trinajstić information content (AvgIpc) is 2.38. The van der Waals surface area contributed by atoms with Gasteiger partial charge in [-0.05, 0) is 18.7 Å². The molecule has 0 spiro atoms. The summed E-state index contributed by atoms with van der Waals surface area (Å²) in [6.07, 6.45) is -3.39. The molecule has 0 saturated heterocycles. The summed E-state index contributed by atoms with van der Waals surface area (Å²) in [6, 6.07) is 8.00. The molecule has 1 aromatic heterocycles. The van der Waals surface area contributed by atoms with Crippen molar-refractivity contribution in [2.75, 3.05) is 0 Å². The van der Waals surface area contributed by atoms with Gasteiger partial charge in [0, 0.05) is 37.9 Å². The zero-order chi connectivity index (χ0) is 16.9. The molecule has 0 aliphatic heterocycles. The first kappa shape index (κ1) is 21.1. The number of hydrogen-bond acceptors (Lipinski definition) is 1. The van der Waals surface area contributed by atoms with Crippen LogP contribution in [-0.4, -0.2) is 27.0 Å². The number of aromatic nitrogens is 1. The number of hydrogen-bond donors (Lipinski definition) is 1. The van der Waals surface area contributed by atoms with Crippen LogP contribution in [0.1, 0.15) is 5.56 Å². The van der Waals surface area contributed by atoms with Gasteiger partial charge in [0.2, 0.25) is 0 Å². The third-order valence-electron chi connectivity index (χ3n) is 2.28. The molecule has 0 bridgehead atoms. The van der Waals surface area contributed by atoms with Crippen molar-refractivity contribution < 1.29 is 52.0 Å². The SMILES string of the molecule is Cc1ccnc(-c2[c-]cc(F)cc2F)c1.OC(=[OH+])C(F)(F)F.[Ir]. The summed E-state index contributed by atoms with van der Waals surface area (Å²) in [5.41, 5.74) is 1.63. The molecule has 3 nitrogen and oxygen atoms in total. The van der Waals surface area contributed by atoms with Crippen LogP contribution in [0.25, 0.3) is 11.3 Å². The van der Waals surface area contributed by atoms with Crippen molar-refractivity contribution in [3.05, 3.63) is 53.7 Å². The summed E-state index contributed by atoms with van der Waals surface area (Å²) in [5.74, 6) is -3.79. The number of carboxylic acid groups (broad SMARTS) is 1. The van der Waals surface area contributed by atoms with E-state index in [0.717, 1.165) is 17.7 Å². The Kier molecular flexibility index (Phi) is 7.99. The Morgan fingerprint density at radius 2 is 1.83 bits per heavy atom. The maximum atomic E-state index is 13.4. The molecule has 0 aliphatic rings. The van der Waals surface area contributed by atoms with E-state index in [9.17, 15) is 22.0 Å². The molecule has 0 aliphatic carbocycles. The fourth-order valence-electron chi connectivity index (χ4n) is 1.31. The minimum absolute atomic E-state index is 0. The zero-order valence-electron chi connectivity index (χ0n) is 11.5. The molecule has 2 rings (SSSR count). The number of benzene rings is 1. The summed E-state index contributed by atoms with van der Waals surface area (Å²) >= 11 is 0. The van der Waals surface area contributed by atoms with E-state index in [1.54, 1.807) is 12.3 Å². The van der Waals surface area contributed by atoms with Crippen molar-refractivity contribution in [3.8, 4) is 11.3 Å². The van der Waals surface area contributed by atoms with Gasteiger partial charge in [0.15, 0.2) is 0 Å². The largest absolute Gasteiger partial charge is 0.591 e. The van der Waals surface area contributed by atoms with Gasteiger partial charge in [-0.25, -0.2) is 0 Å². The number of nitrogens with zero attached hydrogens (tertiary/aromatic N) is 1. The van der Waals surface area contributed by atoms with Crippen LogP contribution in [0.5, 0.6) is 0 Å². The maximum absolute atomic E-state index is 13.4. The summed E-state index contributed by atoms with van der Waals surface area (Å²) in [7, 11) is 0. The molecule has 0 saturated carbocycles.